The summed E-state index contributed by atoms with van der Waals surface area (Å²) in [6.07, 6.45) is -0.644. The fourth-order valence-corrected chi connectivity index (χ4v) is 3.55. The summed E-state index contributed by atoms with van der Waals surface area (Å²) in [4.78, 5) is 53.3. The number of hydrogen-bond acceptors (Lipinski definition) is 5. The van der Waals surface area contributed by atoms with E-state index in [0.29, 0.717) is 11.3 Å². The lowest BCUT2D eigenvalue weighted by Gasteiger charge is -2.24. The summed E-state index contributed by atoms with van der Waals surface area (Å²) in [5.41, 5.74) is 0.850. The van der Waals surface area contributed by atoms with Crippen LogP contribution >= 0.6 is 0 Å². The Labute approximate surface area is 205 Å². The van der Waals surface area contributed by atoms with Gasteiger partial charge in [0.25, 0.3) is 5.91 Å². The molecule has 0 aliphatic carbocycles. The second-order valence-electron chi connectivity index (χ2n) is 9.51. The molecule has 0 saturated carbocycles. The van der Waals surface area contributed by atoms with Gasteiger partial charge in [0, 0.05) is 25.3 Å². The molecule has 7 nitrogen and oxygen atoms in total. The van der Waals surface area contributed by atoms with E-state index in [1.165, 1.54) is 9.80 Å². The summed E-state index contributed by atoms with van der Waals surface area (Å²) in [5, 5.41) is 2.08. The summed E-state index contributed by atoms with van der Waals surface area (Å²) < 4.78 is 5.12. The SMILES string of the molecule is CN(C)C(=O)c1cccc(N(Cc2ccc3ccccc3c2)C(=O)CC(=O)C(=O)OC(C)(C)C)c1. The van der Waals surface area contributed by atoms with E-state index in [9.17, 15) is 19.2 Å². The van der Waals surface area contributed by atoms with E-state index in [-0.39, 0.29) is 12.5 Å². The van der Waals surface area contributed by atoms with E-state index in [2.05, 4.69) is 0 Å². The topological polar surface area (TPSA) is 84.0 Å². The molecule has 0 atom stereocenters. The molecule has 0 unspecified atom stereocenters. The van der Waals surface area contributed by atoms with E-state index in [0.717, 1.165) is 16.3 Å². The van der Waals surface area contributed by atoms with Crippen molar-refractivity contribution in [3.05, 3.63) is 77.9 Å². The van der Waals surface area contributed by atoms with Crippen LogP contribution in [0.15, 0.2) is 66.7 Å². The molecule has 0 aliphatic rings. The number of anilines is 1. The number of amides is 2. The minimum absolute atomic E-state index is 0.158. The van der Waals surface area contributed by atoms with E-state index in [1.54, 1.807) is 59.1 Å². The standard InChI is InChI=1S/C28H30N2O5/c1-28(2,3)35-27(34)24(31)17-25(32)30(23-12-8-11-22(16-23)26(33)29(4)5)18-19-13-14-20-9-6-7-10-21(20)15-19/h6-16H,17-18H2,1-5H3. The molecule has 35 heavy (non-hydrogen) atoms. The average Bonchev–Trinajstić information content (AvgIpc) is 2.80. The third-order valence-corrected chi connectivity index (χ3v) is 5.20. The van der Waals surface area contributed by atoms with Gasteiger partial charge in [-0.3, -0.25) is 14.4 Å². The lowest BCUT2D eigenvalue weighted by Crippen LogP contribution is -2.36. The van der Waals surface area contributed by atoms with Gasteiger partial charge in [0.15, 0.2) is 0 Å². The Bertz CT molecular complexity index is 1270. The zero-order valence-electron chi connectivity index (χ0n) is 20.7. The second kappa shape index (κ2) is 10.5. The largest absolute Gasteiger partial charge is 0.454 e. The zero-order chi connectivity index (χ0) is 25.8. The summed E-state index contributed by atoms with van der Waals surface area (Å²) in [5.74, 6) is -2.75. The van der Waals surface area contributed by atoms with Gasteiger partial charge in [-0.1, -0.05) is 42.5 Å². The molecule has 3 rings (SSSR count). The average molecular weight is 475 g/mol. The lowest BCUT2D eigenvalue weighted by atomic mass is 10.1. The van der Waals surface area contributed by atoms with Crippen molar-refractivity contribution in [3.63, 3.8) is 0 Å². The predicted molar refractivity (Wildman–Crippen MR) is 135 cm³/mol. The fraction of sp³-hybridized carbons (Fsp3) is 0.286. The van der Waals surface area contributed by atoms with Crippen LogP contribution in [0, 0.1) is 0 Å². The highest BCUT2D eigenvalue weighted by Gasteiger charge is 2.28. The molecular formula is C28H30N2O5. The number of Topliss-reactive ketones (excluding diaryl/α,β-unsaturated/α-hetero) is 1. The van der Waals surface area contributed by atoms with Gasteiger partial charge in [-0.2, -0.15) is 0 Å². The van der Waals surface area contributed by atoms with Crippen LogP contribution < -0.4 is 4.90 Å². The van der Waals surface area contributed by atoms with Crippen LogP contribution in [-0.2, 0) is 25.7 Å². The normalized spacial score (nSPS) is 11.1. The number of hydrogen-bond donors (Lipinski definition) is 0. The maximum atomic E-state index is 13.3. The molecular weight excluding hydrogens is 444 g/mol. The van der Waals surface area contributed by atoms with Gasteiger partial charge in [0.05, 0.1) is 13.0 Å². The van der Waals surface area contributed by atoms with Gasteiger partial charge in [-0.25, -0.2) is 4.79 Å². The summed E-state index contributed by atoms with van der Waals surface area (Å²) in [6, 6.07) is 20.4. The molecule has 0 radical (unpaired) electrons. The Hall–Kier alpha value is -4.00. The summed E-state index contributed by atoms with van der Waals surface area (Å²) in [7, 11) is 3.29. The Morgan fingerprint density at radius 2 is 1.51 bits per heavy atom. The number of rotatable bonds is 7. The monoisotopic (exact) mass is 474 g/mol. The first-order valence-electron chi connectivity index (χ1n) is 11.3. The summed E-state index contributed by atoms with van der Waals surface area (Å²) in [6.45, 7) is 5.11. The molecule has 0 heterocycles. The number of ether oxygens (including phenoxy) is 1. The van der Waals surface area contributed by atoms with Crippen molar-refractivity contribution in [1.29, 1.82) is 0 Å². The number of benzene rings is 3. The van der Waals surface area contributed by atoms with E-state index in [4.69, 9.17) is 4.74 Å². The molecule has 7 heteroatoms. The molecule has 2 amide bonds. The van der Waals surface area contributed by atoms with Crippen molar-refractivity contribution < 1.29 is 23.9 Å². The molecule has 0 aromatic heterocycles. The second-order valence-corrected chi connectivity index (χ2v) is 9.51. The molecule has 0 saturated heterocycles. The van der Waals surface area contributed by atoms with Crippen LogP contribution in [0.25, 0.3) is 10.8 Å². The van der Waals surface area contributed by atoms with Gasteiger partial charge in [-0.05, 0) is 61.4 Å². The van der Waals surface area contributed by atoms with Gasteiger partial charge < -0.3 is 14.5 Å². The van der Waals surface area contributed by atoms with Gasteiger partial charge in [0.2, 0.25) is 11.7 Å². The lowest BCUT2D eigenvalue weighted by molar-refractivity contribution is -0.163. The smallest absolute Gasteiger partial charge is 0.375 e. The third-order valence-electron chi connectivity index (χ3n) is 5.20. The van der Waals surface area contributed by atoms with Crippen LogP contribution in [0.4, 0.5) is 5.69 Å². The Balaban J connectivity index is 1.94. The summed E-state index contributed by atoms with van der Waals surface area (Å²) >= 11 is 0. The predicted octanol–water partition coefficient (Wildman–Crippen LogP) is 4.38. The molecule has 0 N–H and O–H groups in total. The Morgan fingerprint density at radius 1 is 0.829 bits per heavy atom. The van der Waals surface area contributed by atoms with Crippen molar-refractivity contribution in [2.75, 3.05) is 19.0 Å². The fourth-order valence-electron chi connectivity index (χ4n) is 3.55. The van der Waals surface area contributed by atoms with E-state index in [1.807, 2.05) is 42.5 Å². The number of fused-ring (bicyclic) bond motifs is 1. The minimum atomic E-state index is -1.05. The molecule has 0 fully saturated rings. The van der Waals surface area contributed by atoms with Crippen molar-refractivity contribution in [1.82, 2.24) is 4.90 Å². The molecule has 182 valence electrons. The van der Waals surface area contributed by atoms with Crippen LogP contribution in [-0.4, -0.2) is 48.2 Å². The van der Waals surface area contributed by atoms with E-state index >= 15 is 0 Å². The molecule has 0 spiro atoms. The number of ketones is 1. The molecule has 0 bridgehead atoms. The van der Waals surface area contributed by atoms with Crippen molar-refractivity contribution in [3.8, 4) is 0 Å². The molecule has 3 aromatic carbocycles. The number of nitrogens with zero attached hydrogens (tertiary/aromatic N) is 2. The highest BCUT2D eigenvalue weighted by Crippen LogP contribution is 2.23. The highest BCUT2D eigenvalue weighted by molar-refractivity contribution is 6.37. The van der Waals surface area contributed by atoms with E-state index < -0.39 is 29.7 Å². The first kappa shape index (κ1) is 25.6. The van der Waals surface area contributed by atoms with Crippen molar-refractivity contribution in [2.45, 2.75) is 39.3 Å². The third kappa shape index (κ3) is 6.76. The van der Waals surface area contributed by atoms with Crippen LogP contribution in [0.2, 0.25) is 0 Å². The van der Waals surface area contributed by atoms with Crippen molar-refractivity contribution >= 4 is 40.0 Å². The Morgan fingerprint density at radius 3 is 2.17 bits per heavy atom. The maximum absolute atomic E-state index is 13.3. The number of carbonyl (C=O) groups excluding carboxylic acids is 4. The van der Waals surface area contributed by atoms with Crippen LogP contribution in [0.1, 0.15) is 43.1 Å². The zero-order valence-corrected chi connectivity index (χ0v) is 20.7. The van der Waals surface area contributed by atoms with Gasteiger partial charge >= 0.3 is 5.97 Å². The van der Waals surface area contributed by atoms with Crippen LogP contribution in [0.5, 0.6) is 0 Å². The first-order chi connectivity index (χ1) is 16.4. The van der Waals surface area contributed by atoms with Crippen LogP contribution in [0.3, 0.4) is 0 Å². The van der Waals surface area contributed by atoms with Crippen molar-refractivity contribution in [2.24, 2.45) is 0 Å². The Kier molecular flexibility index (Phi) is 7.69. The first-order valence-corrected chi connectivity index (χ1v) is 11.3. The number of esters is 1. The highest BCUT2D eigenvalue weighted by atomic mass is 16.6. The maximum Gasteiger partial charge on any atom is 0.375 e. The molecule has 3 aromatic rings. The number of carbonyl (C=O) groups is 4. The quantitative estimate of drug-likeness (QED) is 0.288. The minimum Gasteiger partial charge on any atom is -0.454 e. The molecule has 0 aliphatic heterocycles. The van der Waals surface area contributed by atoms with Gasteiger partial charge in [0.1, 0.15) is 5.60 Å². The van der Waals surface area contributed by atoms with Gasteiger partial charge in [-0.15, -0.1) is 0 Å².